The lowest BCUT2D eigenvalue weighted by atomic mass is 9.71. The van der Waals surface area contributed by atoms with Gasteiger partial charge in [-0.3, -0.25) is 9.59 Å². The molecule has 0 spiro atoms. The highest BCUT2D eigenvalue weighted by Crippen LogP contribution is 2.50. The molecule has 10 nitrogen and oxygen atoms in total. The fourth-order valence-electron chi connectivity index (χ4n) is 6.51. The van der Waals surface area contributed by atoms with Crippen molar-refractivity contribution in [2.24, 2.45) is 23.7 Å². The van der Waals surface area contributed by atoms with Crippen LogP contribution in [0.15, 0.2) is 48.6 Å². The van der Waals surface area contributed by atoms with Crippen LogP contribution in [0.1, 0.15) is 36.1 Å². The van der Waals surface area contributed by atoms with Crippen LogP contribution in [0.4, 0.5) is 0 Å². The van der Waals surface area contributed by atoms with Crippen molar-refractivity contribution in [2.75, 3.05) is 0 Å². The molecule has 3 aromatic rings. The highest BCUT2D eigenvalue weighted by atomic mass is 16.1. The zero-order valence-corrected chi connectivity index (χ0v) is 19.8. The minimum atomic E-state index is -0.357. The predicted molar refractivity (Wildman–Crippen MR) is 137 cm³/mol. The van der Waals surface area contributed by atoms with Crippen LogP contribution in [-0.4, -0.2) is 51.4 Å². The van der Waals surface area contributed by atoms with E-state index < -0.39 is 0 Å². The van der Waals surface area contributed by atoms with Gasteiger partial charge >= 0.3 is 0 Å². The highest BCUT2D eigenvalue weighted by Gasteiger charge is 2.44. The number of carbonyl (C=O) groups excluding carboxylic acids is 2. The first-order valence-electron chi connectivity index (χ1n) is 12.7. The van der Waals surface area contributed by atoms with E-state index in [0.29, 0.717) is 58.7 Å². The van der Waals surface area contributed by atoms with Crippen LogP contribution >= 0.6 is 0 Å². The van der Waals surface area contributed by atoms with Crippen molar-refractivity contribution in [1.29, 1.82) is 0 Å². The lowest BCUT2D eigenvalue weighted by Crippen LogP contribution is -2.28. The van der Waals surface area contributed by atoms with Crippen molar-refractivity contribution >= 4 is 56.4 Å². The molecule has 0 saturated heterocycles. The molecule has 2 N–H and O–H groups in total. The lowest BCUT2D eigenvalue weighted by molar-refractivity contribution is -0.121. The van der Waals surface area contributed by atoms with E-state index in [1.807, 2.05) is 36.4 Å². The Morgan fingerprint density at radius 3 is 1.24 bits per heavy atom. The summed E-state index contributed by atoms with van der Waals surface area (Å²) in [5, 5.41) is 0. The van der Waals surface area contributed by atoms with E-state index in [2.05, 4.69) is 22.1 Å². The second-order valence-corrected chi connectivity index (χ2v) is 10.4. The standard InChI is InChI=1S/C28H18N8O2/c37-15-9-11-1-3-13(15)23-21(11)25-31-17-5-7-20(29-17)34-28-24-14-4-2-12(10-16(14)38)22(24)26(36-28)32-18-6-8-19(30-18)33-27(23)35-25/h1-8,11-14H,9-10H2,(H2,29,30,31,32,33,34,35,36)/t11-,12?,13-,14-/m1/s1. The zero-order valence-electron chi connectivity index (χ0n) is 19.8. The molecule has 0 fully saturated rings. The second kappa shape index (κ2) is 6.91. The largest absolute Gasteiger partial charge is 0.325 e. The van der Waals surface area contributed by atoms with Gasteiger partial charge in [-0.2, -0.15) is 0 Å². The average Bonchev–Trinajstić information content (AvgIpc) is 3.69. The molecule has 8 aliphatic rings. The molecule has 11 rings (SSSR count). The van der Waals surface area contributed by atoms with Crippen molar-refractivity contribution < 1.29 is 9.59 Å². The number of hydrogen-bond donors (Lipinski definition) is 2. The number of aromatic amines is 2. The first-order valence-corrected chi connectivity index (χ1v) is 12.7. The van der Waals surface area contributed by atoms with E-state index in [1.165, 1.54) is 0 Å². The lowest BCUT2D eigenvalue weighted by Gasteiger charge is -2.30. The Kier molecular flexibility index (Phi) is 3.68. The topological polar surface area (TPSA) is 143 Å². The Bertz CT molecular complexity index is 1810. The maximum Gasteiger partial charge on any atom is 0.161 e. The summed E-state index contributed by atoms with van der Waals surface area (Å²) in [5.41, 5.74) is 5.92. The molecule has 0 saturated carbocycles. The number of hydrogen-bond acceptors (Lipinski definition) is 8. The number of fused-ring (bicyclic) bond motifs is 10. The van der Waals surface area contributed by atoms with Crippen LogP contribution < -0.4 is 0 Å². The van der Waals surface area contributed by atoms with Crippen molar-refractivity contribution in [3.63, 3.8) is 0 Å². The SMILES string of the molecule is O=C1CC2C=C[C@H]1C1=C2c2nc1nc1ccc(nc3nc(nc4ccc(n2)[nH]4)C2=C3[C@@H]3C=C[C@@H]2C(=O)C3)[nH]1. The van der Waals surface area contributed by atoms with Crippen LogP contribution in [-0.2, 0) is 9.59 Å². The summed E-state index contributed by atoms with van der Waals surface area (Å²) in [7, 11) is 0. The third-order valence-electron chi connectivity index (χ3n) is 8.15. The summed E-state index contributed by atoms with van der Waals surface area (Å²) in [6.45, 7) is 0. The molecule has 3 aromatic heterocycles. The van der Waals surface area contributed by atoms with Crippen LogP contribution in [0.25, 0.3) is 44.9 Å². The monoisotopic (exact) mass is 498 g/mol. The summed E-state index contributed by atoms with van der Waals surface area (Å²) < 4.78 is 0. The minimum absolute atomic E-state index is 0.0627. The van der Waals surface area contributed by atoms with Gasteiger partial charge in [0.15, 0.2) is 23.3 Å². The molecule has 0 aromatic carbocycles. The van der Waals surface area contributed by atoms with Crippen molar-refractivity contribution in [3.8, 4) is 0 Å². The molecule has 1 unspecified atom stereocenters. The average molecular weight is 499 g/mol. The van der Waals surface area contributed by atoms with E-state index in [-0.39, 0.29) is 35.2 Å². The van der Waals surface area contributed by atoms with Gasteiger partial charge in [-0.05, 0) is 24.3 Å². The van der Waals surface area contributed by atoms with Crippen molar-refractivity contribution in [2.45, 2.75) is 12.8 Å². The number of rotatable bonds is 0. The molecule has 12 bridgehead atoms. The molecule has 6 aliphatic carbocycles. The summed E-state index contributed by atoms with van der Waals surface area (Å²) in [4.78, 5) is 60.8. The van der Waals surface area contributed by atoms with Gasteiger partial charge in [0.25, 0.3) is 0 Å². The number of H-pyrrole nitrogens is 2. The molecule has 4 atom stereocenters. The van der Waals surface area contributed by atoms with Crippen LogP contribution in [0.3, 0.4) is 0 Å². The number of ketones is 2. The van der Waals surface area contributed by atoms with Gasteiger partial charge in [0, 0.05) is 47.0 Å². The second-order valence-electron chi connectivity index (χ2n) is 10.4. The van der Waals surface area contributed by atoms with Gasteiger partial charge in [0.2, 0.25) is 0 Å². The van der Waals surface area contributed by atoms with E-state index in [9.17, 15) is 9.59 Å². The van der Waals surface area contributed by atoms with E-state index in [4.69, 9.17) is 29.9 Å². The van der Waals surface area contributed by atoms with E-state index in [1.54, 1.807) is 0 Å². The molecule has 0 radical (unpaired) electrons. The van der Waals surface area contributed by atoms with Gasteiger partial charge < -0.3 is 9.97 Å². The number of aromatic nitrogens is 8. The summed E-state index contributed by atoms with van der Waals surface area (Å²) in [5.74, 6) is 1.63. The number of nitrogens with one attached hydrogen (secondary N) is 2. The van der Waals surface area contributed by atoms with E-state index in [0.717, 1.165) is 22.3 Å². The fraction of sp³-hybridized carbons (Fsp3) is 0.214. The molecular formula is C28H18N8O2. The highest BCUT2D eigenvalue weighted by molar-refractivity contribution is 6.10. The Balaban J connectivity index is 1.34. The number of Topliss-reactive ketones (excluding diaryl/α,β-unsaturated/α-hetero) is 2. The summed E-state index contributed by atoms with van der Waals surface area (Å²) in [6, 6.07) is 7.35. The molecule has 10 heteroatoms. The van der Waals surface area contributed by atoms with Crippen LogP contribution in [0, 0.1) is 23.7 Å². The maximum atomic E-state index is 12.8. The molecule has 2 aliphatic heterocycles. The molecule has 0 amide bonds. The predicted octanol–water partition coefficient (Wildman–Crippen LogP) is 3.27. The van der Waals surface area contributed by atoms with Gasteiger partial charge in [-0.1, -0.05) is 24.3 Å². The Labute approximate surface area is 214 Å². The third-order valence-corrected chi connectivity index (χ3v) is 8.15. The van der Waals surface area contributed by atoms with Gasteiger partial charge in [0.1, 0.15) is 34.2 Å². The van der Waals surface area contributed by atoms with Crippen LogP contribution in [0.2, 0.25) is 0 Å². The Hall–Kier alpha value is -4.86. The Morgan fingerprint density at radius 1 is 0.500 bits per heavy atom. The van der Waals surface area contributed by atoms with Gasteiger partial charge in [0.05, 0.1) is 11.8 Å². The normalized spacial score (nSPS) is 26.4. The van der Waals surface area contributed by atoms with Gasteiger partial charge in [-0.15, -0.1) is 0 Å². The van der Waals surface area contributed by atoms with Crippen molar-refractivity contribution in [3.05, 3.63) is 71.9 Å². The Morgan fingerprint density at radius 2 is 0.868 bits per heavy atom. The number of carbonyl (C=O) groups is 2. The number of allylic oxidation sites excluding steroid dienone is 8. The molecule has 5 heterocycles. The van der Waals surface area contributed by atoms with Crippen LogP contribution in [0.5, 0.6) is 0 Å². The summed E-state index contributed by atoms with van der Waals surface area (Å²) in [6.07, 6.45) is 8.97. The third kappa shape index (κ3) is 2.66. The summed E-state index contributed by atoms with van der Waals surface area (Å²) >= 11 is 0. The quantitative estimate of drug-likeness (QED) is 0.450. The number of nitrogens with zero attached hydrogens (tertiary/aromatic N) is 6. The smallest absolute Gasteiger partial charge is 0.161 e. The first-order chi connectivity index (χ1) is 18.6. The van der Waals surface area contributed by atoms with E-state index >= 15 is 0 Å². The molecule has 38 heavy (non-hydrogen) atoms. The van der Waals surface area contributed by atoms with Crippen molar-refractivity contribution in [1.82, 2.24) is 39.9 Å². The fourth-order valence-corrected chi connectivity index (χ4v) is 6.51. The maximum absolute atomic E-state index is 12.8. The first kappa shape index (κ1) is 20.2. The van der Waals surface area contributed by atoms with Gasteiger partial charge in [-0.25, -0.2) is 29.9 Å². The minimum Gasteiger partial charge on any atom is -0.325 e. The molecular weight excluding hydrogens is 480 g/mol. The molecule has 182 valence electrons. The zero-order chi connectivity index (χ0) is 25.1.